The molecule has 4 nitrogen and oxygen atoms in total. The van der Waals surface area contributed by atoms with Crippen LogP contribution < -0.4 is 10.6 Å². The Labute approximate surface area is 106 Å². The Bertz CT molecular complexity index is 244. The van der Waals surface area contributed by atoms with Gasteiger partial charge in [0, 0.05) is 39.6 Å². The number of nitrogens with zero attached hydrogens (tertiary/aromatic N) is 1. The Hall–Kier alpha value is -0.980. The maximum Gasteiger partial charge on any atom is 0.389 e. The Balaban J connectivity index is 3.48. The predicted octanol–water partition coefficient (Wildman–Crippen LogP) is 1.97. The van der Waals surface area contributed by atoms with Crippen molar-refractivity contribution in [2.75, 3.05) is 27.2 Å². The zero-order valence-corrected chi connectivity index (χ0v) is 11.1. The molecule has 0 radical (unpaired) electrons. The van der Waals surface area contributed by atoms with Gasteiger partial charge in [-0.2, -0.15) is 13.2 Å². The predicted molar refractivity (Wildman–Crippen MR) is 64.5 cm³/mol. The Morgan fingerprint density at radius 1 is 1.28 bits per heavy atom. The normalized spacial score (nSPS) is 13.2. The molecular formula is C11H22F3N3O. The summed E-state index contributed by atoms with van der Waals surface area (Å²) in [6, 6.07) is -0.162. The molecule has 0 bridgehead atoms. The summed E-state index contributed by atoms with van der Waals surface area (Å²) < 4.78 is 35.7. The molecule has 0 rings (SSSR count). The molecule has 1 unspecified atom stereocenters. The van der Waals surface area contributed by atoms with Crippen molar-refractivity contribution in [3.8, 4) is 0 Å². The quantitative estimate of drug-likeness (QED) is 0.694. The van der Waals surface area contributed by atoms with E-state index in [-0.39, 0.29) is 18.5 Å². The summed E-state index contributed by atoms with van der Waals surface area (Å²) in [4.78, 5) is 12.6. The molecule has 0 aromatic rings. The lowest BCUT2D eigenvalue weighted by Gasteiger charge is -2.16. The Kier molecular flexibility index (Phi) is 7.73. The van der Waals surface area contributed by atoms with Crippen LogP contribution >= 0.6 is 0 Å². The molecule has 0 saturated heterocycles. The highest BCUT2D eigenvalue weighted by Gasteiger charge is 2.26. The molecule has 0 saturated carbocycles. The van der Waals surface area contributed by atoms with Crippen LogP contribution in [-0.2, 0) is 0 Å². The summed E-state index contributed by atoms with van der Waals surface area (Å²) in [6.45, 7) is 2.84. The number of amides is 2. The topological polar surface area (TPSA) is 44.4 Å². The number of hydrogen-bond acceptors (Lipinski definition) is 2. The molecule has 0 aliphatic heterocycles. The molecule has 0 fully saturated rings. The van der Waals surface area contributed by atoms with Gasteiger partial charge in [-0.25, -0.2) is 4.79 Å². The summed E-state index contributed by atoms with van der Waals surface area (Å²) >= 11 is 0. The third kappa shape index (κ3) is 10.2. The Morgan fingerprint density at radius 3 is 2.39 bits per heavy atom. The summed E-state index contributed by atoms with van der Waals surface area (Å²) in [5.74, 6) is 0. The van der Waals surface area contributed by atoms with Crippen LogP contribution in [0.15, 0.2) is 0 Å². The summed E-state index contributed by atoms with van der Waals surface area (Å²) in [6.07, 6.45) is -4.21. The number of urea groups is 1. The standard InChI is InChI=1S/C11H22F3N3O/c1-9(5-4-6-11(12,13)14)15-7-8-16-10(18)17(2)3/h9,15H,4-8H2,1-3H3,(H,16,18). The van der Waals surface area contributed by atoms with E-state index in [2.05, 4.69) is 10.6 Å². The number of rotatable bonds is 7. The molecule has 0 aliphatic rings. The van der Waals surface area contributed by atoms with Crippen LogP contribution in [0.4, 0.5) is 18.0 Å². The van der Waals surface area contributed by atoms with Gasteiger partial charge in [0.25, 0.3) is 0 Å². The van der Waals surface area contributed by atoms with E-state index in [1.54, 1.807) is 14.1 Å². The lowest BCUT2D eigenvalue weighted by Crippen LogP contribution is -2.40. The summed E-state index contributed by atoms with van der Waals surface area (Å²) in [5.41, 5.74) is 0. The van der Waals surface area contributed by atoms with Gasteiger partial charge in [-0.05, 0) is 19.8 Å². The van der Waals surface area contributed by atoms with Crippen LogP contribution in [0.3, 0.4) is 0 Å². The third-order valence-electron chi connectivity index (χ3n) is 2.40. The van der Waals surface area contributed by atoms with E-state index in [0.717, 1.165) is 0 Å². The SMILES string of the molecule is CC(CCCC(F)(F)F)NCCNC(=O)N(C)C. The van der Waals surface area contributed by atoms with E-state index in [1.807, 2.05) is 6.92 Å². The molecule has 0 heterocycles. The van der Waals surface area contributed by atoms with E-state index < -0.39 is 12.6 Å². The number of hydrogen-bond donors (Lipinski definition) is 2. The van der Waals surface area contributed by atoms with Crippen LogP contribution in [0.25, 0.3) is 0 Å². The van der Waals surface area contributed by atoms with Crippen LogP contribution in [0.1, 0.15) is 26.2 Å². The maximum atomic E-state index is 11.9. The van der Waals surface area contributed by atoms with Crippen molar-refractivity contribution in [3.63, 3.8) is 0 Å². The van der Waals surface area contributed by atoms with Gasteiger partial charge in [0.05, 0.1) is 0 Å². The highest BCUT2D eigenvalue weighted by atomic mass is 19.4. The van der Waals surface area contributed by atoms with Crippen molar-refractivity contribution in [1.29, 1.82) is 0 Å². The smallest absolute Gasteiger partial charge is 0.337 e. The van der Waals surface area contributed by atoms with Gasteiger partial charge < -0.3 is 15.5 Å². The van der Waals surface area contributed by atoms with Gasteiger partial charge in [-0.1, -0.05) is 0 Å². The first-order valence-electron chi connectivity index (χ1n) is 5.97. The molecule has 0 aliphatic carbocycles. The first kappa shape index (κ1) is 17.0. The molecule has 0 aromatic heterocycles. The number of halogens is 3. The third-order valence-corrected chi connectivity index (χ3v) is 2.40. The van der Waals surface area contributed by atoms with E-state index in [0.29, 0.717) is 19.5 Å². The van der Waals surface area contributed by atoms with Crippen LogP contribution in [-0.4, -0.2) is 50.3 Å². The van der Waals surface area contributed by atoms with Crippen LogP contribution in [0.5, 0.6) is 0 Å². The first-order valence-corrected chi connectivity index (χ1v) is 5.97. The van der Waals surface area contributed by atoms with Crippen molar-refractivity contribution < 1.29 is 18.0 Å². The minimum atomic E-state index is -4.07. The number of alkyl halides is 3. The number of carbonyl (C=O) groups is 1. The largest absolute Gasteiger partial charge is 0.389 e. The minimum Gasteiger partial charge on any atom is -0.337 e. The maximum absolute atomic E-state index is 11.9. The monoisotopic (exact) mass is 269 g/mol. The molecule has 7 heteroatoms. The highest BCUT2D eigenvalue weighted by molar-refractivity contribution is 5.73. The zero-order chi connectivity index (χ0) is 14.2. The molecule has 0 aromatic carbocycles. The van der Waals surface area contributed by atoms with Crippen LogP contribution in [0, 0.1) is 0 Å². The van der Waals surface area contributed by atoms with Crippen molar-refractivity contribution in [2.24, 2.45) is 0 Å². The van der Waals surface area contributed by atoms with E-state index in [1.165, 1.54) is 4.90 Å². The van der Waals surface area contributed by atoms with E-state index >= 15 is 0 Å². The van der Waals surface area contributed by atoms with Gasteiger partial charge in [0.1, 0.15) is 0 Å². The fourth-order valence-corrected chi connectivity index (χ4v) is 1.36. The lowest BCUT2D eigenvalue weighted by molar-refractivity contribution is -0.135. The summed E-state index contributed by atoms with van der Waals surface area (Å²) in [5, 5.41) is 5.72. The molecule has 1 atom stereocenters. The molecule has 0 spiro atoms. The lowest BCUT2D eigenvalue weighted by atomic mass is 10.1. The van der Waals surface area contributed by atoms with Gasteiger partial charge >= 0.3 is 12.2 Å². The van der Waals surface area contributed by atoms with E-state index in [9.17, 15) is 18.0 Å². The zero-order valence-electron chi connectivity index (χ0n) is 11.1. The number of nitrogens with one attached hydrogen (secondary N) is 2. The van der Waals surface area contributed by atoms with Crippen molar-refractivity contribution in [1.82, 2.24) is 15.5 Å². The molecular weight excluding hydrogens is 247 g/mol. The second-order valence-corrected chi connectivity index (χ2v) is 4.49. The molecule has 2 amide bonds. The van der Waals surface area contributed by atoms with Gasteiger partial charge in [-0.15, -0.1) is 0 Å². The highest BCUT2D eigenvalue weighted by Crippen LogP contribution is 2.22. The first-order chi connectivity index (χ1) is 8.22. The van der Waals surface area contributed by atoms with Crippen molar-refractivity contribution in [3.05, 3.63) is 0 Å². The number of carbonyl (C=O) groups excluding carboxylic acids is 1. The second kappa shape index (κ2) is 8.18. The minimum absolute atomic E-state index is 0.0172. The molecule has 2 N–H and O–H groups in total. The van der Waals surface area contributed by atoms with Crippen molar-refractivity contribution >= 4 is 6.03 Å². The Morgan fingerprint density at radius 2 is 1.89 bits per heavy atom. The average Bonchev–Trinajstić information content (AvgIpc) is 2.22. The second-order valence-electron chi connectivity index (χ2n) is 4.49. The molecule has 18 heavy (non-hydrogen) atoms. The fraction of sp³-hybridized carbons (Fsp3) is 0.909. The fourth-order valence-electron chi connectivity index (χ4n) is 1.36. The van der Waals surface area contributed by atoms with Gasteiger partial charge in [0.15, 0.2) is 0 Å². The van der Waals surface area contributed by atoms with Crippen molar-refractivity contribution in [2.45, 2.75) is 38.4 Å². The van der Waals surface area contributed by atoms with E-state index in [4.69, 9.17) is 0 Å². The summed E-state index contributed by atoms with van der Waals surface area (Å²) in [7, 11) is 3.28. The van der Waals surface area contributed by atoms with Gasteiger partial charge in [-0.3, -0.25) is 0 Å². The average molecular weight is 269 g/mol. The van der Waals surface area contributed by atoms with Crippen LogP contribution in [0.2, 0.25) is 0 Å². The van der Waals surface area contributed by atoms with Gasteiger partial charge in [0.2, 0.25) is 0 Å². The molecule has 108 valence electrons.